The van der Waals surface area contributed by atoms with Gasteiger partial charge in [0.1, 0.15) is 0 Å². The first-order chi connectivity index (χ1) is 11.7. The van der Waals surface area contributed by atoms with Crippen LogP contribution >= 0.6 is 0 Å². The summed E-state index contributed by atoms with van der Waals surface area (Å²) in [5.74, 6) is 2.18. The molecular formula is C18H28N4O2. The van der Waals surface area contributed by atoms with Gasteiger partial charge in [-0.05, 0) is 37.5 Å². The van der Waals surface area contributed by atoms with E-state index in [1.165, 1.54) is 12.8 Å². The Morgan fingerprint density at radius 3 is 2.83 bits per heavy atom. The van der Waals surface area contributed by atoms with E-state index in [0.29, 0.717) is 5.92 Å². The van der Waals surface area contributed by atoms with E-state index in [2.05, 4.69) is 21.7 Å². The lowest BCUT2D eigenvalue weighted by atomic mass is 9.99. The summed E-state index contributed by atoms with van der Waals surface area (Å²) in [6.07, 6.45) is 4.31. The molecule has 0 aromatic carbocycles. The third-order valence-electron chi connectivity index (χ3n) is 5.76. The molecule has 1 N–H and O–H groups in total. The van der Waals surface area contributed by atoms with Gasteiger partial charge in [-0.2, -0.15) is 0 Å². The second-order valence-electron chi connectivity index (χ2n) is 7.70. The molecule has 1 atom stereocenters. The summed E-state index contributed by atoms with van der Waals surface area (Å²) >= 11 is 0. The van der Waals surface area contributed by atoms with E-state index in [1.54, 1.807) is 0 Å². The average molecular weight is 332 g/mol. The van der Waals surface area contributed by atoms with Crippen molar-refractivity contribution < 1.29 is 4.74 Å². The van der Waals surface area contributed by atoms with Crippen LogP contribution in [0.4, 0.5) is 5.95 Å². The largest absolute Gasteiger partial charge is 0.381 e. The number of fused-ring (bicyclic) bond motifs is 1. The predicted molar refractivity (Wildman–Crippen MR) is 93.4 cm³/mol. The van der Waals surface area contributed by atoms with Crippen molar-refractivity contribution in [3.8, 4) is 0 Å². The fraction of sp³-hybridized carbons (Fsp3) is 0.778. The van der Waals surface area contributed by atoms with E-state index in [1.807, 2.05) is 0 Å². The van der Waals surface area contributed by atoms with Crippen LogP contribution in [0, 0.1) is 11.8 Å². The molecule has 2 saturated heterocycles. The molecule has 1 aromatic rings. The van der Waals surface area contributed by atoms with E-state index in [4.69, 9.17) is 9.72 Å². The highest BCUT2D eigenvalue weighted by molar-refractivity contribution is 5.34. The summed E-state index contributed by atoms with van der Waals surface area (Å²) in [6, 6.07) is 0. The van der Waals surface area contributed by atoms with Gasteiger partial charge in [0.15, 0.2) is 0 Å². The molecule has 0 spiro atoms. The highest BCUT2D eigenvalue weighted by atomic mass is 16.5. The van der Waals surface area contributed by atoms with Crippen LogP contribution in [0.25, 0.3) is 0 Å². The van der Waals surface area contributed by atoms with Crippen molar-refractivity contribution in [2.24, 2.45) is 11.8 Å². The third kappa shape index (κ3) is 3.35. The zero-order chi connectivity index (χ0) is 16.5. The molecule has 0 radical (unpaired) electrons. The Balaban J connectivity index is 1.50. The molecule has 0 amide bonds. The number of hydrogen-bond acceptors (Lipinski definition) is 5. The Labute approximate surface area is 143 Å². The maximum absolute atomic E-state index is 12.5. The van der Waals surface area contributed by atoms with Gasteiger partial charge in [0.25, 0.3) is 5.56 Å². The van der Waals surface area contributed by atoms with Crippen LogP contribution in [0.3, 0.4) is 0 Å². The fourth-order valence-corrected chi connectivity index (χ4v) is 4.10. The molecule has 3 aliphatic heterocycles. The van der Waals surface area contributed by atoms with Gasteiger partial charge in [-0.25, -0.2) is 4.98 Å². The summed E-state index contributed by atoms with van der Waals surface area (Å²) in [5, 5.41) is 0. The minimum Gasteiger partial charge on any atom is -0.381 e. The number of nitrogens with one attached hydrogen (secondary N) is 1. The number of aromatic nitrogens is 2. The van der Waals surface area contributed by atoms with E-state index in [9.17, 15) is 4.79 Å². The molecule has 4 heterocycles. The Morgan fingerprint density at radius 2 is 2.08 bits per heavy atom. The number of ether oxygens (including phenoxy) is 1. The van der Waals surface area contributed by atoms with E-state index >= 15 is 0 Å². The summed E-state index contributed by atoms with van der Waals surface area (Å²) in [6.45, 7) is 8.86. The second-order valence-corrected chi connectivity index (χ2v) is 7.70. The van der Waals surface area contributed by atoms with Crippen molar-refractivity contribution in [1.82, 2.24) is 14.9 Å². The molecule has 4 rings (SSSR count). The van der Waals surface area contributed by atoms with Gasteiger partial charge >= 0.3 is 0 Å². The highest BCUT2D eigenvalue weighted by Gasteiger charge is 2.26. The Morgan fingerprint density at radius 1 is 1.25 bits per heavy atom. The van der Waals surface area contributed by atoms with Crippen molar-refractivity contribution in [3.05, 3.63) is 21.6 Å². The molecule has 6 heteroatoms. The first-order valence-corrected chi connectivity index (χ1v) is 9.36. The number of piperidine rings is 1. The van der Waals surface area contributed by atoms with Gasteiger partial charge in [-0.3, -0.25) is 14.7 Å². The van der Waals surface area contributed by atoms with Crippen LogP contribution < -0.4 is 10.5 Å². The van der Waals surface area contributed by atoms with Crippen molar-refractivity contribution >= 4 is 5.95 Å². The highest BCUT2D eigenvalue weighted by Crippen LogP contribution is 2.23. The molecule has 2 fully saturated rings. The van der Waals surface area contributed by atoms with Gasteiger partial charge in [0.05, 0.1) is 12.3 Å². The van der Waals surface area contributed by atoms with Crippen molar-refractivity contribution in [2.45, 2.75) is 39.2 Å². The maximum atomic E-state index is 12.5. The van der Waals surface area contributed by atoms with Crippen LogP contribution in [0.2, 0.25) is 0 Å². The number of anilines is 1. The van der Waals surface area contributed by atoms with Crippen molar-refractivity contribution in [1.29, 1.82) is 0 Å². The minimum atomic E-state index is 0.0671. The van der Waals surface area contributed by atoms with Gasteiger partial charge in [0.2, 0.25) is 5.95 Å². The van der Waals surface area contributed by atoms with Gasteiger partial charge in [-0.1, -0.05) is 6.92 Å². The smallest absolute Gasteiger partial charge is 0.255 e. The van der Waals surface area contributed by atoms with Crippen LogP contribution in [0.1, 0.15) is 37.4 Å². The summed E-state index contributed by atoms with van der Waals surface area (Å²) in [4.78, 5) is 25.0. The number of H-pyrrole nitrogens is 1. The Bertz CT molecular complexity index is 630. The SMILES string of the molecule is CC1CCN(c2nc3c(c(=O)[nH]2)CCN(CC2CCOC2)C3)CC1. The van der Waals surface area contributed by atoms with E-state index in [0.717, 1.165) is 81.9 Å². The van der Waals surface area contributed by atoms with Crippen molar-refractivity contribution in [2.75, 3.05) is 44.3 Å². The summed E-state index contributed by atoms with van der Waals surface area (Å²) in [7, 11) is 0. The van der Waals surface area contributed by atoms with Gasteiger partial charge in [0, 0.05) is 44.9 Å². The molecular weight excluding hydrogens is 304 g/mol. The third-order valence-corrected chi connectivity index (χ3v) is 5.76. The zero-order valence-electron chi connectivity index (χ0n) is 14.6. The van der Waals surface area contributed by atoms with Crippen LogP contribution in [-0.4, -0.2) is 54.3 Å². The fourth-order valence-electron chi connectivity index (χ4n) is 4.10. The number of rotatable bonds is 3. The Hall–Kier alpha value is -1.40. The first-order valence-electron chi connectivity index (χ1n) is 9.36. The molecule has 0 aliphatic carbocycles. The lowest BCUT2D eigenvalue weighted by Crippen LogP contribution is -2.40. The minimum absolute atomic E-state index is 0.0671. The maximum Gasteiger partial charge on any atom is 0.255 e. The molecule has 132 valence electrons. The molecule has 0 saturated carbocycles. The second kappa shape index (κ2) is 6.84. The zero-order valence-corrected chi connectivity index (χ0v) is 14.6. The molecule has 1 unspecified atom stereocenters. The summed E-state index contributed by atoms with van der Waals surface area (Å²) < 4.78 is 5.49. The molecule has 24 heavy (non-hydrogen) atoms. The molecule has 0 bridgehead atoms. The normalized spacial score (nSPS) is 25.9. The summed E-state index contributed by atoms with van der Waals surface area (Å²) in [5.41, 5.74) is 1.94. The van der Waals surface area contributed by atoms with Crippen LogP contribution in [0.15, 0.2) is 4.79 Å². The van der Waals surface area contributed by atoms with Gasteiger partial charge < -0.3 is 9.64 Å². The number of aromatic amines is 1. The molecule has 3 aliphatic rings. The monoisotopic (exact) mass is 332 g/mol. The lowest BCUT2D eigenvalue weighted by Gasteiger charge is -2.33. The number of hydrogen-bond donors (Lipinski definition) is 1. The lowest BCUT2D eigenvalue weighted by molar-refractivity contribution is 0.161. The van der Waals surface area contributed by atoms with E-state index < -0.39 is 0 Å². The van der Waals surface area contributed by atoms with E-state index in [-0.39, 0.29) is 5.56 Å². The number of nitrogens with zero attached hydrogens (tertiary/aromatic N) is 3. The quantitative estimate of drug-likeness (QED) is 0.907. The van der Waals surface area contributed by atoms with Gasteiger partial charge in [-0.15, -0.1) is 0 Å². The molecule has 6 nitrogen and oxygen atoms in total. The standard InChI is InChI=1S/C18H28N4O2/c1-13-2-7-22(8-3-13)18-19-16-11-21(10-14-5-9-24-12-14)6-4-15(16)17(23)20-18/h13-14H,2-12H2,1H3,(H,19,20,23). The molecule has 1 aromatic heterocycles. The Kier molecular flexibility index (Phi) is 4.59. The topological polar surface area (TPSA) is 61.5 Å². The average Bonchev–Trinajstić information content (AvgIpc) is 3.08. The van der Waals surface area contributed by atoms with Crippen LogP contribution in [0.5, 0.6) is 0 Å². The predicted octanol–water partition coefficient (Wildman–Crippen LogP) is 1.40. The van der Waals surface area contributed by atoms with Crippen LogP contribution in [-0.2, 0) is 17.7 Å². The van der Waals surface area contributed by atoms with Crippen molar-refractivity contribution in [3.63, 3.8) is 0 Å². The first kappa shape index (κ1) is 16.1.